The predicted octanol–water partition coefficient (Wildman–Crippen LogP) is 1.49. The van der Waals surface area contributed by atoms with Crippen LogP contribution in [-0.2, 0) is 4.79 Å². The standard InChI is InChI=1S/C11H19NO2/c1-7(8-2-3-8)10-6-9(11(13)14)4-5-12-10/h7-10,12H,2-6H2,1H3,(H,13,14). The molecule has 3 unspecified atom stereocenters. The van der Waals surface area contributed by atoms with Gasteiger partial charge in [0.25, 0.3) is 0 Å². The molecule has 2 rings (SSSR count). The van der Waals surface area contributed by atoms with Crippen molar-refractivity contribution in [2.24, 2.45) is 17.8 Å². The van der Waals surface area contributed by atoms with Crippen LogP contribution in [0.2, 0.25) is 0 Å². The van der Waals surface area contributed by atoms with E-state index in [4.69, 9.17) is 5.11 Å². The number of carbonyl (C=O) groups is 1. The van der Waals surface area contributed by atoms with E-state index in [0.29, 0.717) is 12.0 Å². The van der Waals surface area contributed by atoms with Crippen LogP contribution in [0.3, 0.4) is 0 Å². The molecule has 0 aromatic rings. The van der Waals surface area contributed by atoms with Gasteiger partial charge in [-0.15, -0.1) is 0 Å². The van der Waals surface area contributed by atoms with Crippen LogP contribution in [0, 0.1) is 17.8 Å². The fraction of sp³-hybridized carbons (Fsp3) is 0.909. The summed E-state index contributed by atoms with van der Waals surface area (Å²) in [6, 6.07) is 0.442. The second-order valence-electron chi connectivity index (χ2n) is 4.82. The molecule has 1 saturated heterocycles. The van der Waals surface area contributed by atoms with Crippen molar-refractivity contribution in [3.05, 3.63) is 0 Å². The molecule has 80 valence electrons. The molecule has 1 heterocycles. The molecule has 1 saturated carbocycles. The number of rotatable bonds is 3. The van der Waals surface area contributed by atoms with E-state index in [-0.39, 0.29) is 5.92 Å². The van der Waals surface area contributed by atoms with Gasteiger partial charge in [0, 0.05) is 6.04 Å². The largest absolute Gasteiger partial charge is 0.481 e. The second kappa shape index (κ2) is 3.89. The lowest BCUT2D eigenvalue weighted by Crippen LogP contribution is -2.44. The molecule has 14 heavy (non-hydrogen) atoms. The molecule has 2 fully saturated rings. The van der Waals surface area contributed by atoms with Crippen LogP contribution in [0.4, 0.5) is 0 Å². The molecule has 3 nitrogen and oxygen atoms in total. The molecule has 0 aromatic heterocycles. The van der Waals surface area contributed by atoms with Gasteiger partial charge in [-0.05, 0) is 44.1 Å². The van der Waals surface area contributed by atoms with E-state index >= 15 is 0 Å². The molecule has 0 radical (unpaired) electrons. The van der Waals surface area contributed by atoms with Crippen LogP contribution < -0.4 is 5.32 Å². The number of carboxylic acids is 1. The zero-order valence-electron chi connectivity index (χ0n) is 8.70. The summed E-state index contributed by atoms with van der Waals surface area (Å²) in [5, 5.41) is 12.4. The normalized spacial score (nSPS) is 35.2. The number of piperidine rings is 1. The Balaban J connectivity index is 1.89. The van der Waals surface area contributed by atoms with Crippen molar-refractivity contribution in [1.29, 1.82) is 0 Å². The average Bonchev–Trinajstić information content (AvgIpc) is 3.00. The van der Waals surface area contributed by atoms with Crippen LogP contribution in [0.25, 0.3) is 0 Å². The molecule has 2 N–H and O–H groups in total. The quantitative estimate of drug-likeness (QED) is 0.720. The van der Waals surface area contributed by atoms with Gasteiger partial charge < -0.3 is 10.4 Å². The number of aliphatic carboxylic acids is 1. The highest BCUT2D eigenvalue weighted by Gasteiger charge is 2.36. The molecule has 0 spiro atoms. The highest BCUT2D eigenvalue weighted by molar-refractivity contribution is 5.70. The van der Waals surface area contributed by atoms with Crippen molar-refractivity contribution in [2.75, 3.05) is 6.54 Å². The minimum Gasteiger partial charge on any atom is -0.481 e. The number of hydrogen-bond donors (Lipinski definition) is 2. The minimum absolute atomic E-state index is 0.109. The number of nitrogens with one attached hydrogen (secondary N) is 1. The van der Waals surface area contributed by atoms with Crippen molar-refractivity contribution < 1.29 is 9.90 Å². The Hall–Kier alpha value is -0.570. The molecule has 2 aliphatic rings. The molecule has 3 heteroatoms. The molecular weight excluding hydrogens is 178 g/mol. The van der Waals surface area contributed by atoms with Gasteiger partial charge in [0.05, 0.1) is 5.92 Å². The maximum atomic E-state index is 10.9. The lowest BCUT2D eigenvalue weighted by Gasteiger charge is -2.32. The first-order valence-electron chi connectivity index (χ1n) is 5.64. The summed E-state index contributed by atoms with van der Waals surface area (Å²) in [6.45, 7) is 3.14. The lowest BCUT2D eigenvalue weighted by molar-refractivity contribution is -0.143. The van der Waals surface area contributed by atoms with Crippen LogP contribution in [0.5, 0.6) is 0 Å². The SMILES string of the molecule is CC(C1CC1)C1CC(C(=O)O)CCN1. The Morgan fingerprint density at radius 3 is 2.71 bits per heavy atom. The molecule has 0 amide bonds. The molecule has 0 aromatic carbocycles. The van der Waals surface area contributed by atoms with Gasteiger partial charge in [-0.25, -0.2) is 0 Å². The molecule has 1 aliphatic carbocycles. The third-order valence-electron chi connectivity index (χ3n) is 3.79. The van der Waals surface area contributed by atoms with Gasteiger partial charge in [-0.1, -0.05) is 6.92 Å². The van der Waals surface area contributed by atoms with Crippen molar-refractivity contribution in [2.45, 2.75) is 38.6 Å². The van der Waals surface area contributed by atoms with Gasteiger partial charge in [0.1, 0.15) is 0 Å². The maximum absolute atomic E-state index is 10.9. The Kier molecular flexibility index (Phi) is 2.77. The molecule has 3 atom stereocenters. The van der Waals surface area contributed by atoms with E-state index in [1.54, 1.807) is 0 Å². The lowest BCUT2D eigenvalue weighted by atomic mass is 9.84. The van der Waals surface area contributed by atoms with Crippen LogP contribution in [-0.4, -0.2) is 23.7 Å². The van der Waals surface area contributed by atoms with Gasteiger partial charge in [-0.3, -0.25) is 4.79 Å². The zero-order valence-corrected chi connectivity index (χ0v) is 8.70. The Labute approximate surface area is 84.9 Å². The van der Waals surface area contributed by atoms with Crippen molar-refractivity contribution in [3.63, 3.8) is 0 Å². The molecule has 1 aliphatic heterocycles. The topological polar surface area (TPSA) is 49.3 Å². The third kappa shape index (κ3) is 2.08. The summed E-state index contributed by atoms with van der Waals surface area (Å²) >= 11 is 0. The average molecular weight is 197 g/mol. The second-order valence-corrected chi connectivity index (χ2v) is 4.82. The van der Waals surface area contributed by atoms with Gasteiger partial charge >= 0.3 is 5.97 Å². The smallest absolute Gasteiger partial charge is 0.306 e. The van der Waals surface area contributed by atoms with Gasteiger partial charge in [0.2, 0.25) is 0 Å². The zero-order chi connectivity index (χ0) is 10.1. The summed E-state index contributed by atoms with van der Waals surface area (Å²) in [5.74, 6) is 0.805. The van der Waals surface area contributed by atoms with E-state index < -0.39 is 5.97 Å². The summed E-state index contributed by atoms with van der Waals surface area (Å²) in [5.41, 5.74) is 0. The predicted molar refractivity (Wildman–Crippen MR) is 54.0 cm³/mol. The first-order chi connectivity index (χ1) is 6.68. The van der Waals surface area contributed by atoms with E-state index in [0.717, 1.165) is 25.3 Å². The van der Waals surface area contributed by atoms with Crippen molar-refractivity contribution >= 4 is 5.97 Å². The van der Waals surface area contributed by atoms with Gasteiger partial charge in [0.15, 0.2) is 0 Å². The van der Waals surface area contributed by atoms with Crippen molar-refractivity contribution in [3.8, 4) is 0 Å². The Bertz CT molecular complexity index is 225. The van der Waals surface area contributed by atoms with Gasteiger partial charge in [-0.2, -0.15) is 0 Å². The van der Waals surface area contributed by atoms with E-state index in [9.17, 15) is 4.79 Å². The van der Waals surface area contributed by atoms with E-state index in [2.05, 4.69) is 12.2 Å². The third-order valence-corrected chi connectivity index (χ3v) is 3.79. The summed E-state index contributed by atoms with van der Waals surface area (Å²) < 4.78 is 0. The first-order valence-corrected chi connectivity index (χ1v) is 5.64. The fourth-order valence-corrected chi connectivity index (χ4v) is 2.53. The number of hydrogen-bond acceptors (Lipinski definition) is 2. The van der Waals surface area contributed by atoms with Crippen LogP contribution in [0.1, 0.15) is 32.6 Å². The maximum Gasteiger partial charge on any atom is 0.306 e. The van der Waals surface area contributed by atoms with E-state index in [1.165, 1.54) is 12.8 Å². The Morgan fingerprint density at radius 2 is 2.14 bits per heavy atom. The van der Waals surface area contributed by atoms with Crippen LogP contribution >= 0.6 is 0 Å². The highest BCUT2D eigenvalue weighted by Crippen LogP contribution is 2.40. The highest BCUT2D eigenvalue weighted by atomic mass is 16.4. The Morgan fingerprint density at radius 1 is 1.43 bits per heavy atom. The molecular formula is C11H19NO2. The fourth-order valence-electron chi connectivity index (χ4n) is 2.53. The molecule has 0 bridgehead atoms. The van der Waals surface area contributed by atoms with E-state index in [1.807, 2.05) is 0 Å². The minimum atomic E-state index is -0.612. The van der Waals surface area contributed by atoms with Crippen LogP contribution in [0.15, 0.2) is 0 Å². The first kappa shape index (κ1) is 9.97. The summed E-state index contributed by atoms with van der Waals surface area (Å²) in [6.07, 6.45) is 4.31. The van der Waals surface area contributed by atoms with Crippen molar-refractivity contribution in [1.82, 2.24) is 5.32 Å². The number of carboxylic acid groups (broad SMARTS) is 1. The monoisotopic (exact) mass is 197 g/mol. The summed E-state index contributed by atoms with van der Waals surface area (Å²) in [4.78, 5) is 10.9. The summed E-state index contributed by atoms with van der Waals surface area (Å²) in [7, 11) is 0.